The smallest absolute Gasteiger partial charge is 0.258 e. The van der Waals surface area contributed by atoms with E-state index in [9.17, 15) is 9.59 Å². The molecule has 0 atom stereocenters. The van der Waals surface area contributed by atoms with Crippen LogP contribution < -0.4 is 10.2 Å². The van der Waals surface area contributed by atoms with Crippen LogP contribution in [0.1, 0.15) is 39.2 Å². The van der Waals surface area contributed by atoms with Gasteiger partial charge in [-0.2, -0.15) is 0 Å². The zero-order chi connectivity index (χ0) is 20.8. The Morgan fingerprint density at radius 1 is 1.10 bits per heavy atom. The maximum absolute atomic E-state index is 13.0. The van der Waals surface area contributed by atoms with Crippen molar-refractivity contribution in [3.8, 4) is 11.3 Å². The zero-order valence-electron chi connectivity index (χ0n) is 17.1. The quantitative estimate of drug-likeness (QED) is 0.651. The van der Waals surface area contributed by atoms with Crippen LogP contribution in [0.25, 0.3) is 11.3 Å². The van der Waals surface area contributed by atoms with E-state index >= 15 is 0 Å². The first-order valence-electron chi connectivity index (χ1n) is 10.3. The van der Waals surface area contributed by atoms with E-state index in [1.807, 2.05) is 55.1 Å². The van der Waals surface area contributed by atoms with Gasteiger partial charge in [0.2, 0.25) is 5.91 Å². The van der Waals surface area contributed by atoms with Gasteiger partial charge in [-0.1, -0.05) is 23.8 Å². The van der Waals surface area contributed by atoms with E-state index in [1.165, 1.54) is 11.3 Å². The molecule has 30 heavy (non-hydrogen) atoms. The summed E-state index contributed by atoms with van der Waals surface area (Å²) in [4.78, 5) is 32.6. The summed E-state index contributed by atoms with van der Waals surface area (Å²) in [5.74, 6) is 0.278. The van der Waals surface area contributed by atoms with Crippen LogP contribution in [0, 0.1) is 19.8 Å². The van der Waals surface area contributed by atoms with E-state index in [0.717, 1.165) is 52.2 Å². The molecule has 0 radical (unpaired) electrons. The lowest BCUT2D eigenvalue weighted by molar-refractivity contribution is -0.117. The molecule has 1 saturated carbocycles. The largest absolute Gasteiger partial charge is 0.308 e. The van der Waals surface area contributed by atoms with Crippen molar-refractivity contribution in [3.05, 3.63) is 64.0 Å². The number of nitrogens with one attached hydrogen (secondary N) is 1. The molecule has 0 unspecified atom stereocenters. The summed E-state index contributed by atoms with van der Waals surface area (Å²) in [5, 5.41) is 3.61. The molecule has 1 N–H and O–H groups in total. The number of rotatable bonds is 4. The summed E-state index contributed by atoms with van der Waals surface area (Å²) in [6.45, 7) is 4.73. The third-order valence-corrected chi connectivity index (χ3v) is 6.65. The molecule has 2 aliphatic rings. The van der Waals surface area contributed by atoms with Crippen LogP contribution in [0.4, 0.5) is 10.8 Å². The number of carbonyl (C=O) groups is 2. The number of anilines is 2. The number of nitrogens with zero attached hydrogens (tertiary/aromatic N) is 2. The SMILES string of the molecule is Cc1ccc(C(=O)N2CCc3cc(-c4nc(NC(=O)C5CC5)sc4C)ccc32)cc1. The summed E-state index contributed by atoms with van der Waals surface area (Å²) >= 11 is 1.51. The van der Waals surface area contributed by atoms with E-state index < -0.39 is 0 Å². The second kappa shape index (κ2) is 7.36. The fourth-order valence-electron chi connectivity index (χ4n) is 3.88. The molecule has 5 rings (SSSR count). The first-order valence-corrected chi connectivity index (χ1v) is 11.1. The lowest BCUT2D eigenvalue weighted by Gasteiger charge is -2.17. The predicted molar refractivity (Wildman–Crippen MR) is 120 cm³/mol. The molecule has 6 heteroatoms. The van der Waals surface area contributed by atoms with E-state index in [2.05, 4.69) is 16.4 Å². The predicted octanol–water partition coefficient (Wildman–Crippen LogP) is 4.98. The van der Waals surface area contributed by atoms with Crippen molar-refractivity contribution < 1.29 is 9.59 Å². The van der Waals surface area contributed by atoms with Gasteiger partial charge in [0.1, 0.15) is 0 Å². The molecule has 3 aromatic rings. The first kappa shape index (κ1) is 19.0. The molecule has 1 aliphatic heterocycles. The van der Waals surface area contributed by atoms with Gasteiger partial charge < -0.3 is 10.2 Å². The Morgan fingerprint density at radius 3 is 2.60 bits per heavy atom. The number of benzene rings is 2. The fraction of sp³-hybridized carbons (Fsp3) is 0.292. The first-order chi connectivity index (χ1) is 14.5. The van der Waals surface area contributed by atoms with E-state index in [0.29, 0.717) is 17.2 Å². The summed E-state index contributed by atoms with van der Waals surface area (Å²) in [6, 6.07) is 13.9. The Balaban J connectivity index is 1.39. The minimum atomic E-state index is 0.0383. The van der Waals surface area contributed by atoms with Gasteiger partial charge in [0.15, 0.2) is 5.13 Å². The number of thiazole rings is 1. The van der Waals surface area contributed by atoms with Crippen LogP contribution >= 0.6 is 11.3 Å². The Bertz CT molecular complexity index is 1150. The third kappa shape index (κ3) is 3.52. The van der Waals surface area contributed by atoms with Gasteiger partial charge in [-0.15, -0.1) is 11.3 Å². The molecule has 5 nitrogen and oxygen atoms in total. The van der Waals surface area contributed by atoms with Crippen molar-refractivity contribution >= 4 is 34.0 Å². The van der Waals surface area contributed by atoms with Crippen molar-refractivity contribution in [1.82, 2.24) is 4.98 Å². The van der Waals surface area contributed by atoms with Gasteiger partial charge in [0, 0.05) is 34.2 Å². The highest BCUT2D eigenvalue weighted by Gasteiger charge is 2.30. The molecule has 0 saturated heterocycles. The lowest BCUT2D eigenvalue weighted by Crippen LogP contribution is -2.28. The minimum absolute atomic E-state index is 0.0383. The number of amides is 2. The van der Waals surface area contributed by atoms with Crippen LogP contribution in [-0.2, 0) is 11.2 Å². The van der Waals surface area contributed by atoms with Crippen LogP contribution in [0.2, 0.25) is 0 Å². The normalized spacial score (nSPS) is 15.2. The van der Waals surface area contributed by atoms with Gasteiger partial charge in [0.25, 0.3) is 5.91 Å². The highest BCUT2D eigenvalue weighted by Crippen LogP contribution is 2.37. The molecule has 1 fully saturated rings. The number of hydrogen-bond donors (Lipinski definition) is 1. The van der Waals surface area contributed by atoms with E-state index in [4.69, 9.17) is 0 Å². The van der Waals surface area contributed by atoms with Crippen LogP contribution in [0.5, 0.6) is 0 Å². The summed E-state index contributed by atoms with van der Waals surface area (Å²) < 4.78 is 0. The molecule has 2 amide bonds. The Morgan fingerprint density at radius 2 is 1.87 bits per heavy atom. The summed E-state index contributed by atoms with van der Waals surface area (Å²) in [7, 11) is 0. The van der Waals surface area contributed by atoms with Gasteiger partial charge >= 0.3 is 0 Å². The Labute approximate surface area is 179 Å². The van der Waals surface area contributed by atoms with Crippen LogP contribution in [-0.4, -0.2) is 23.3 Å². The van der Waals surface area contributed by atoms with E-state index in [-0.39, 0.29) is 17.7 Å². The zero-order valence-corrected chi connectivity index (χ0v) is 17.9. The van der Waals surface area contributed by atoms with Gasteiger partial charge in [0.05, 0.1) is 5.69 Å². The van der Waals surface area contributed by atoms with Gasteiger partial charge in [-0.05, 0) is 62.9 Å². The summed E-state index contributed by atoms with van der Waals surface area (Å²) in [6.07, 6.45) is 2.78. The second-order valence-electron chi connectivity index (χ2n) is 8.10. The highest BCUT2D eigenvalue weighted by atomic mass is 32.1. The standard InChI is InChI=1S/C24H23N3O2S/c1-14-3-5-17(6-4-14)23(29)27-12-11-18-13-19(9-10-20(18)27)21-15(2)30-24(25-21)26-22(28)16-7-8-16/h3-6,9-10,13,16H,7-8,11-12H2,1-2H3,(H,25,26,28). The van der Waals surface area contributed by atoms with E-state index in [1.54, 1.807) is 0 Å². The Hall–Kier alpha value is -2.99. The molecule has 0 bridgehead atoms. The third-order valence-electron chi connectivity index (χ3n) is 5.77. The average Bonchev–Trinajstić information content (AvgIpc) is 3.41. The van der Waals surface area contributed by atoms with Gasteiger partial charge in [-0.3, -0.25) is 9.59 Å². The van der Waals surface area contributed by atoms with Crippen molar-refractivity contribution in [3.63, 3.8) is 0 Å². The molecule has 2 aromatic carbocycles. The monoisotopic (exact) mass is 417 g/mol. The number of hydrogen-bond acceptors (Lipinski definition) is 4. The maximum Gasteiger partial charge on any atom is 0.258 e. The average molecular weight is 418 g/mol. The lowest BCUT2D eigenvalue weighted by atomic mass is 10.1. The number of carbonyl (C=O) groups excluding carboxylic acids is 2. The number of aryl methyl sites for hydroxylation is 2. The van der Waals surface area contributed by atoms with Crippen molar-refractivity contribution in [2.75, 3.05) is 16.8 Å². The molecular weight excluding hydrogens is 394 g/mol. The Kier molecular flexibility index (Phi) is 4.66. The fourth-order valence-corrected chi connectivity index (χ4v) is 4.72. The second-order valence-corrected chi connectivity index (χ2v) is 9.31. The molecular formula is C24H23N3O2S. The minimum Gasteiger partial charge on any atom is -0.308 e. The number of aromatic nitrogens is 1. The molecule has 1 aromatic heterocycles. The van der Waals surface area contributed by atoms with Crippen molar-refractivity contribution in [2.24, 2.45) is 5.92 Å². The molecule has 2 heterocycles. The van der Waals surface area contributed by atoms with Crippen molar-refractivity contribution in [2.45, 2.75) is 33.1 Å². The van der Waals surface area contributed by atoms with Crippen molar-refractivity contribution in [1.29, 1.82) is 0 Å². The molecule has 0 spiro atoms. The van der Waals surface area contributed by atoms with Crippen LogP contribution in [0.15, 0.2) is 42.5 Å². The summed E-state index contributed by atoms with van der Waals surface area (Å²) in [5.41, 5.74) is 5.91. The number of fused-ring (bicyclic) bond motifs is 1. The van der Waals surface area contributed by atoms with Crippen LogP contribution in [0.3, 0.4) is 0 Å². The molecule has 1 aliphatic carbocycles. The maximum atomic E-state index is 13.0. The molecule has 152 valence electrons. The highest BCUT2D eigenvalue weighted by molar-refractivity contribution is 7.16. The topological polar surface area (TPSA) is 62.3 Å². The van der Waals surface area contributed by atoms with Gasteiger partial charge in [-0.25, -0.2) is 4.98 Å².